The Kier molecular flexibility index (Phi) is 12.6. The van der Waals surface area contributed by atoms with Gasteiger partial charge in [0, 0.05) is 54.1 Å². The molecule has 0 aromatic carbocycles. The van der Waals surface area contributed by atoms with Gasteiger partial charge < -0.3 is 28.4 Å². The largest absolute Gasteiger partial charge is 0.362 e. The molecule has 6 saturated heterocycles. The van der Waals surface area contributed by atoms with Crippen LogP contribution in [-0.4, -0.2) is 67.2 Å². The fourth-order valence-corrected chi connectivity index (χ4v) is 26.9. The lowest BCUT2D eigenvalue weighted by molar-refractivity contribution is -0.326. The van der Waals surface area contributed by atoms with Gasteiger partial charge in [-0.3, -0.25) is 0 Å². The highest BCUT2D eigenvalue weighted by atomic mass is 16.7. The smallest absolute Gasteiger partial charge is 0.101 e. The fourth-order valence-electron chi connectivity index (χ4n) is 26.9. The first kappa shape index (κ1) is 69.1. The first-order chi connectivity index (χ1) is 36.5. The third-order valence-electron chi connectivity index (χ3n) is 41.5. The minimum atomic E-state index is -0.168. The Labute approximate surface area is 527 Å². The molecule has 0 aromatic rings. The van der Waals surface area contributed by atoms with Gasteiger partial charge in [0.05, 0.1) is 0 Å². The van der Waals surface area contributed by atoms with E-state index >= 15 is 0 Å². The SMILES string of the molecule is CC1(C)C(C)(C)C(C)(C2(C)C(C)(C)C(C)(C)C3(C)OC3(C)C2(C)C)C(C)(C)C2(C)OC12C.CC1(C)C(C)(C)C2(C)OC2(C)C(C)(C)C(C)(C)C2(C)OC12C.CC1(C)C(CC2C(C)(C)C(C)(C)C3(C)OC3(C)C2(C)C)C(C)(C)C2(C)OC2(C)C1(C)C. The van der Waals surface area contributed by atoms with Crippen molar-refractivity contribution in [3.63, 3.8) is 0 Å². The van der Waals surface area contributed by atoms with Crippen LogP contribution in [0.3, 0.4) is 0 Å². The fraction of sp³-hybridized carbons (Fsp3) is 1.00. The normalized spacial score (nSPS) is 55.7. The van der Waals surface area contributed by atoms with Gasteiger partial charge >= 0.3 is 0 Å². The van der Waals surface area contributed by atoms with Gasteiger partial charge in [-0.05, 0) is 145 Å². The zero-order valence-electron chi connectivity index (χ0n) is 65.3. The summed E-state index contributed by atoms with van der Waals surface area (Å²) in [5.41, 5.74) is -0.859. The molecule has 0 aromatic heterocycles. The molecule has 16 unspecified atom stereocenters. The van der Waals surface area contributed by atoms with Crippen molar-refractivity contribution in [2.75, 3.05) is 0 Å². The molecule has 494 valence electrons. The Morgan fingerprint density at radius 3 is 0.482 bits per heavy atom. The van der Waals surface area contributed by atoms with Crippen LogP contribution in [0.5, 0.6) is 0 Å². The van der Waals surface area contributed by atoms with Crippen molar-refractivity contribution in [1.82, 2.24) is 0 Å². The maximum absolute atomic E-state index is 6.89. The van der Waals surface area contributed by atoms with Crippen molar-refractivity contribution in [2.24, 2.45) is 109 Å². The molecule has 6 heteroatoms. The summed E-state index contributed by atoms with van der Waals surface area (Å²) in [6, 6.07) is 0. The Morgan fingerprint density at radius 1 is 0.153 bits per heavy atom. The molecule has 0 spiro atoms. The highest BCUT2D eigenvalue weighted by Crippen LogP contribution is 2.93. The Hall–Kier alpha value is -0.240. The van der Waals surface area contributed by atoms with Crippen molar-refractivity contribution in [2.45, 2.75) is 392 Å². The summed E-state index contributed by atoms with van der Waals surface area (Å²) in [7, 11) is 0. The molecule has 0 amide bonds. The summed E-state index contributed by atoms with van der Waals surface area (Å²) in [5, 5.41) is 0. The predicted octanol–water partition coefficient (Wildman–Crippen LogP) is 21.4. The number of epoxide rings is 6. The molecule has 5 aliphatic carbocycles. The van der Waals surface area contributed by atoms with Crippen LogP contribution in [0.4, 0.5) is 0 Å². The molecule has 0 radical (unpaired) electrons. The van der Waals surface area contributed by atoms with Gasteiger partial charge in [0.15, 0.2) is 0 Å². The molecule has 85 heavy (non-hydrogen) atoms. The summed E-state index contributed by atoms with van der Waals surface area (Å²) >= 11 is 0. The zero-order valence-corrected chi connectivity index (χ0v) is 65.3. The van der Waals surface area contributed by atoms with E-state index in [2.05, 4.69) is 318 Å². The van der Waals surface area contributed by atoms with Crippen LogP contribution < -0.4 is 0 Å². The van der Waals surface area contributed by atoms with Crippen molar-refractivity contribution in [1.29, 1.82) is 0 Å². The monoisotopic (exact) mass is 1190 g/mol. The molecular formula is C79H142O6. The number of ether oxygens (including phenoxy) is 6. The van der Waals surface area contributed by atoms with Crippen LogP contribution >= 0.6 is 0 Å². The van der Waals surface area contributed by atoms with E-state index in [4.69, 9.17) is 28.4 Å². The number of fused-ring (bicyclic) bond motifs is 6. The summed E-state index contributed by atoms with van der Waals surface area (Å²) in [6.07, 6.45) is 1.22. The summed E-state index contributed by atoms with van der Waals surface area (Å²) in [4.78, 5) is 0. The molecule has 0 N–H and O–H groups in total. The van der Waals surface area contributed by atoms with E-state index in [1.54, 1.807) is 0 Å². The van der Waals surface area contributed by atoms with E-state index in [0.717, 1.165) is 0 Å². The van der Waals surface area contributed by atoms with E-state index in [1.807, 2.05) is 0 Å². The highest BCUT2D eigenvalue weighted by molar-refractivity contribution is 5.44. The Balaban J connectivity index is 0.000000155. The molecule has 11 aliphatic rings. The first-order valence-electron chi connectivity index (χ1n) is 34.7. The molecule has 6 aliphatic heterocycles. The van der Waals surface area contributed by atoms with E-state index in [9.17, 15) is 0 Å². The third kappa shape index (κ3) is 5.72. The van der Waals surface area contributed by atoms with Crippen molar-refractivity contribution in [3.8, 4) is 0 Å². The van der Waals surface area contributed by atoms with E-state index in [0.29, 0.717) is 11.8 Å². The van der Waals surface area contributed by atoms with Crippen LogP contribution in [0.2, 0.25) is 0 Å². The summed E-state index contributed by atoms with van der Waals surface area (Å²) in [5.74, 6) is 1.11. The lowest BCUT2D eigenvalue weighted by atomic mass is 9.21. The van der Waals surface area contributed by atoms with E-state index < -0.39 is 0 Å². The van der Waals surface area contributed by atoms with Crippen LogP contribution in [0.1, 0.15) is 325 Å². The van der Waals surface area contributed by atoms with Crippen LogP contribution in [0, 0.1) is 109 Å². The molecule has 11 fully saturated rings. The Bertz CT molecular complexity index is 2660. The summed E-state index contributed by atoms with van der Waals surface area (Å²) in [6.45, 7) is 113. The standard InChI is InChI=1S/C30H54O2.C29H52O2.C20H36O2/c1-19(2)21(5,6)27(15)29(17,31-27)23(9,10)25(19,13)26(14)20(3,4)22(7,8)28(16)30(18,32-28)24(26,11)12;1-20(2)18(22(5,6)26(13)28(15,30-26)24(20,9)10)17-19-21(3,4)25(11,12)29(16)27(14,31-29)23(19,7)8;1-13(2)14(3,4)18(10)20(12,22-18)16(7,8)15(5,6)19(11)17(13,9)21-19/h1-18H3;18-19H,17H2,1-16H3;1-12H3. The molecule has 6 nitrogen and oxygen atoms in total. The van der Waals surface area contributed by atoms with Crippen LogP contribution in [0.25, 0.3) is 0 Å². The van der Waals surface area contributed by atoms with Gasteiger partial charge in [-0.2, -0.15) is 0 Å². The molecule has 6 heterocycles. The number of hydrogen-bond donors (Lipinski definition) is 0. The van der Waals surface area contributed by atoms with E-state index in [-0.39, 0.29) is 165 Å². The van der Waals surface area contributed by atoms with E-state index in [1.165, 1.54) is 6.42 Å². The second-order valence-corrected chi connectivity index (χ2v) is 43.0. The molecule has 16 atom stereocenters. The van der Waals surface area contributed by atoms with Gasteiger partial charge in [0.1, 0.15) is 67.2 Å². The van der Waals surface area contributed by atoms with Gasteiger partial charge in [-0.25, -0.2) is 0 Å². The molecular weight excluding hydrogens is 1040 g/mol. The maximum Gasteiger partial charge on any atom is 0.101 e. The second-order valence-electron chi connectivity index (χ2n) is 43.0. The first-order valence-corrected chi connectivity index (χ1v) is 34.7. The second kappa shape index (κ2) is 15.4. The van der Waals surface area contributed by atoms with Gasteiger partial charge in [0.2, 0.25) is 0 Å². The zero-order chi connectivity index (χ0) is 67.1. The molecule has 11 rings (SSSR count). The Morgan fingerprint density at radius 2 is 0.294 bits per heavy atom. The third-order valence-corrected chi connectivity index (χ3v) is 41.5. The van der Waals surface area contributed by atoms with Gasteiger partial charge in [-0.15, -0.1) is 0 Å². The average molecular weight is 1190 g/mol. The number of rotatable bonds is 3. The quantitative estimate of drug-likeness (QED) is 0.262. The van der Waals surface area contributed by atoms with Crippen molar-refractivity contribution in [3.05, 3.63) is 0 Å². The molecule has 0 bridgehead atoms. The molecule has 5 saturated carbocycles. The van der Waals surface area contributed by atoms with Crippen LogP contribution in [-0.2, 0) is 28.4 Å². The minimum Gasteiger partial charge on any atom is -0.362 e. The maximum atomic E-state index is 6.89. The van der Waals surface area contributed by atoms with Crippen LogP contribution in [0.15, 0.2) is 0 Å². The topological polar surface area (TPSA) is 75.2 Å². The average Bonchev–Trinajstić information content (AvgIpc) is 1.45. The van der Waals surface area contributed by atoms with Gasteiger partial charge in [-0.1, -0.05) is 235 Å². The van der Waals surface area contributed by atoms with Gasteiger partial charge in [0.25, 0.3) is 0 Å². The minimum absolute atomic E-state index is 0.00436. The summed E-state index contributed by atoms with van der Waals surface area (Å²) < 4.78 is 40.5. The lowest BCUT2D eigenvalue weighted by Gasteiger charge is -2.80. The highest BCUT2D eigenvalue weighted by Gasteiger charge is 2.96. The predicted molar refractivity (Wildman–Crippen MR) is 356 cm³/mol. The van der Waals surface area contributed by atoms with Crippen molar-refractivity contribution >= 4 is 0 Å². The number of hydrogen-bond acceptors (Lipinski definition) is 6. The van der Waals surface area contributed by atoms with Crippen molar-refractivity contribution < 1.29 is 28.4 Å². The lowest BCUT2D eigenvalue weighted by Crippen LogP contribution is -2.80.